The van der Waals surface area contributed by atoms with Gasteiger partial charge in [-0.15, -0.1) is 0 Å². The maximum atomic E-state index is 11.4. The van der Waals surface area contributed by atoms with E-state index < -0.39 is 17.5 Å². The Morgan fingerprint density at radius 3 is 2.75 bits per heavy atom. The molecule has 0 heterocycles. The van der Waals surface area contributed by atoms with E-state index in [1.165, 1.54) is 0 Å². The molecule has 4 heteroatoms. The molecule has 1 aromatic carbocycles. The quantitative estimate of drug-likeness (QED) is 0.833. The third-order valence-corrected chi connectivity index (χ3v) is 3.51. The second-order valence-electron chi connectivity index (χ2n) is 4.29. The van der Waals surface area contributed by atoms with Crippen LogP contribution in [0.25, 0.3) is 0 Å². The van der Waals surface area contributed by atoms with Gasteiger partial charge in [-0.2, -0.15) is 0 Å². The topological polar surface area (TPSA) is 57.5 Å². The molecule has 2 rings (SSSR count). The van der Waals surface area contributed by atoms with E-state index in [1.807, 2.05) is 0 Å². The first-order chi connectivity index (χ1) is 7.54. The van der Waals surface area contributed by atoms with Gasteiger partial charge < -0.3 is 10.2 Å². The Labute approximate surface area is 98.7 Å². The lowest BCUT2D eigenvalue weighted by Gasteiger charge is -2.24. The maximum Gasteiger partial charge on any atom is 0.314 e. The van der Waals surface area contributed by atoms with E-state index >= 15 is 0 Å². The van der Waals surface area contributed by atoms with Crippen molar-refractivity contribution < 1.29 is 15.0 Å². The summed E-state index contributed by atoms with van der Waals surface area (Å²) in [5.74, 6) is -0.883. The third kappa shape index (κ3) is 1.81. The molecule has 2 N–H and O–H groups in total. The molecule has 3 nitrogen and oxygen atoms in total. The molecule has 1 aromatic rings. The van der Waals surface area contributed by atoms with Gasteiger partial charge >= 0.3 is 5.97 Å². The first kappa shape index (κ1) is 11.4. The zero-order chi connectivity index (χ0) is 11.8. The highest BCUT2D eigenvalue weighted by molar-refractivity contribution is 6.30. The van der Waals surface area contributed by atoms with Crippen molar-refractivity contribution >= 4 is 17.6 Å². The minimum absolute atomic E-state index is 0.267. The van der Waals surface area contributed by atoms with E-state index in [9.17, 15) is 15.0 Å². The third-order valence-electron chi connectivity index (χ3n) is 3.28. The van der Waals surface area contributed by atoms with Crippen LogP contribution in [-0.2, 0) is 10.2 Å². The largest absolute Gasteiger partial charge is 0.481 e. The molecular weight excluding hydrogens is 228 g/mol. The average molecular weight is 241 g/mol. The highest BCUT2D eigenvalue weighted by Gasteiger charge is 2.46. The highest BCUT2D eigenvalue weighted by Crippen LogP contribution is 2.42. The van der Waals surface area contributed by atoms with Crippen LogP contribution in [0.5, 0.6) is 0 Å². The summed E-state index contributed by atoms with van der Waals surface area (Å²) in [7, 11) is 0. The summed E-state index contributed by atoms with van der Waals surface area (Å²) in [6.07, 6.45) is 0.723. The lowest BCUT2D eigenvalue weighted by Crippen LogP contribution is -2.33. The van der Waals surface area contributed by atoms with Crippen LogP contribution in [0.15, 0.2) is 24.3 Å². The SMILES string of the molecule is O=C(O)C1(c2cccc(Cl)c2)CCC(O)C1. The maximum absolute atomic E-state index is 11.4. The van der Waals surface area contributed by atoms with Crippen molar-refractivity contribution in [2.75, 3.05) is 0 Å². The van der Waals surface area contributed by atoms with Crippen molar-refractivity contribution in [1.29, 1.82) is 0 Å². The molecule has 0 bridgehead atoms. The molecule has 86 valence electrons. The zero-order valence-corrected chi connectivity index (χ0v) is 9.44. The molecule has 2 atom stereocenters. The van der Waals surface area contributed by atoms with Gasteiger partial charge in [0.2, 0.25) is 0 Å². The molecule has 0 saturated heterocycles. The Morgan fingerprint density at radius 1 is 1.50 bits per heavy atom. The van der Waals surface area contributed by atoms with Gasteiger partial charge in [-0.1, -0.05) is 23.7 Å². The molecule has 1 fully saturated rings. The fourth-order valence-corrected chi connectivity index (χ4v) is 2.58. The van der Waals surface area contributed by atoms with E-state index in [0.29, 0.717) is 23.4 Å². The molecule has 0 amide bonds. The van der Waals surface area contributed by atoms with Gasteiger partial charge in [0.1, 0.15) is 0 Å². The number of aliphatic hydroxyl groups excluding tert-OH is 1. The van der Waals surface area contributed by atoms with Crippen molar-refractivity contribution in [1.82, 2.24) is 0 Å². The number of hydrogen-bond donors (Lipinski definition) is 2. The average Bonchev–Trinajstić information content (AvgIpc) is 2.62. The molecule has 0 radical (unpaired) electrons. The highest BCUT2D eigenvalue weighted by atomic mass is 35.5. The lowest BCUT2D eigenvalue weighted by molar-refractivity contribution is -0.144. The minimum Gasteiger partial charge on any atom is -0.481 e. The number of aliphatic hydroxyl groups is 1. The molecule has 0 aliphatic heterocycles. The number of carbonyl (C=O) groups is 1. The van der Waals surface area contributed by atoms with Gasteiger partial charge in [0.05, 0.1) is 11.5 Å². The molecule has 1 saturated carbocycles. The van der Waals surface area contributed by atoms with Crippen LogP contribution in [0.4, 0.5) is 0 Å². The predicted molar refractivity (Wildman–Crippen MR) is 60.6 cm³/mol. The molecule has 0 spiro atoms. The van der Waals surface area contributed by atoms with Crippen LogP contribution in [0.1, 0.15) is 24.8 Å². The molecule has 16 heavy (non-hydrogen) atoms. The van der Waals surface area contributed by atoms with Gasteiger partial charge in [-0.25, -0.2) is 0 Å². The summed E-state index contributed by atoms with van der Waals surface area (Å²) >= 11 is 5.87. The predicted octanol–water partition coefficient (Wildman–Crippen LogP) is 2.21. The van der Waals surface area contributed by atoms with Crippen LogP contribution < -0.4 is 0 Å². The standard InChI is InChI=1S/C12H13ClO3/c13-9-3-1-2-8(6-9)12(11(15)16)5-4-10(14)7-12/h1-3,6,10,14H,4-5,7H2,(H,15,16). The molecule has 1 aliphatic rings. The number of benzene rings is 1. The number of hydrogen-bond acceptors (Lipinski definition) is 2. The van der Waals surface area contributed by atoms with Crippen molar-refractivity contribution in [2.24, 2.45) is 0 Å². The van der Waals surface area contributed by atoms with Gasteiger partial charge in [0, 0.05) is 5.02 Å². The van der Waals surface area contributed by atoms with Gasteiger partial charge in [0.15, 0.2) is 0 Å². The number of aliphatic carboxylic acids is 1. The van der Waals surface area contributed by atoms with Crippen LogP contribution in [0.3, 0.4) is 0 Å². The second kappa shape index (κ2) is 4.07. The van der Waals surface area contributed by atoms with Crippen LogP contribution >= 0.6 is 11.6 Å². The first-order valence-electron chi connectivity index (χ1n) is 5.22. The Bertz CT molecular complexity index is 418. The molecule has 1 aliphatic carbocycles. The van der Waals surface area contributed by atoms with E-state index in [2.05, 4.69) is 0 Å². The van der Waals surface area contributed by atoms with Gasteiger partial charge in [0.25, 0.3) is 0 Å². The summed E-state index contributed by atoms with van der Waals surface area (Å²) < 4.78 is 0. The van der Waals surface area contributed by atoms with Crippen molar-refractivity contribution in [3.63, 3.8) is 0 Å². The first-order valence-corrected chi connectivity index (χ1v) is 5.60. The summed E-state index contributed by atoms with van der Waals surface area (Å²) in [5.41, 5.74) is -0.284. The van der Waals surface area contributed by atoms with Crippen molar-refractivity contribution in [3.8, 4) is 0 Å². The van der Waals surface area contributed by atoms with Gasteiger partial charge in [-0.05, 0) is 37.0 Å². The fourth-order valence-electron chi connectivity index (χ4n) is 2.39. The van der Waals surface area contributed by atoms with E-state index in [1.54, 1.807) is 24.3 Å². The van der Waals surface area contributed by atoms with Crippen molar-refractivity contribution in [3.05, 3.63) is 34.9 Å². The number of carboxylic acids is 1. The van der Waals surface area contributed by atoms with Crippen LogP contribution in [0.2, 0.25) is 5.02 Å². The summed E-state index contributed by atoms with van der Waals surface area (Å²) in [5, 5.41) is 19.4. The second-order valence-corrected chi connectivity index (χ2v) is 4.73. The Morgan fingerprint density at radius 2 is 2.25 bits per heavy atom. The van der Waals surface area contributed by atoms with Crippen LogP contribution in [-0.4, -0.2) is 22.3 Å². The summed E-state index contributed by atoms with van der Waals surface area (Å²) in [4.78, 5) is 11.4. The van der Waals surface area contributed by atoms with Crippen molar-refractivity contribution in [2.45, 2.75) is 30.8 Å². The van der Waals surface area contributed by atoms with E-state index in [-0.39, 0.29) is 6.42 Å². The monoisotopic (exact) mass is 240 g/mol. The minimum atomic E-state index is -0.968. The number of carboxylic acid groups (broad SMARTS) is 1. The normalized spacial score (nSPS) is 29.2. The fraction of sp³-hybridized carbons (Fsp3) is 0.417. The zero-order valence-electron chi connectivity index (χ0n) is 8.69. The number of rotatable bonds is 2. The summed E-state index contributed by atoms with van der Waals surface area (Å²) in [6, 6.07) is 6.89. The summed E-state index contributed by atoms with van der Waals surface area (Å²) in [6.45, 7) is 0. The Kier molecular flexibility index (Phi) is 2.91. The molecular formula is C12H13ClO3. The lowest BCUT2D eigenvalue weighted by atomic mass is 9.79. The number of halogens is 1. The van der Waals surface area contributed by atoms with E-state index in [4.69, 9.17) is 11.6 Å². The Hall–Kier alpha value is -1.06. The van der Waals surface area contributed by atoms with Crippen LogP contribution in [0, 0.1) is 0 Å². The smallest absolute Gasteiger partial charge is 0.314 e. The molecule has 0 aromatic heterocycles. The Balaban J connectivity index is 2.45. The molecule has 2 unspecified atom stereocenters. The van der Waals surface area contributed by atoms with Gasteiger partial charge in [-0.3, -0.25) is 4.79 Å². The van der Waals surface area contributed by atoms with E-state index in [0.717, 1.165) is 0 Å².